The standard InChI is InChI=1S/C20H23FN2OS/c1-22(2)16-9-7-15(8-10-16)20(24)23-12-11-19(25-14-13-23)17-5-3-4-6-18(17)21/h3-10,19H,11-14H2,1-2H3. The molecule has 0 N–H and O–H groups in total. The molecule has 132 valence electrons. The normalized spacial score (nSPS) is 17.9. The minimum Gasteiger partial charge on any atom is -0.378 e. The molecule has 3 rings (SSSR count). The van der Waals surface area contributed by atoms with E-state index in [1.165, 1.54) is 6.07 Å². The molecule has 0 spiro atoms. The Bertz CT molecular complexity index is 733. The molecule has 1 aliphatic heterocycles. The molecule has 0 bridgehead atoms. The van der Waals surface area contributed by atoms with Gasteiger partial charge in [-0.1, -0.05) is 18.2 Å². The maximum absolute atomic E-state index is 14.0. The van der Waals surface area contributed by atoms with Gasteiger partial charge < -0.3 is 9.80 Å². The van der Waals surface area contributed by atoms with Crippen LogP contribution in [0.5, 0.6) is 0 Å². The van der Waals surface area contributed by atoms with Gasteiger partial charge in [0.15, 0.2) is 0 Å². The number of hydrogen-bond donors (Lipinski definition) is 0. The molecule has 5 heteroatoms. The zero-order valence-corrected chi connectivity index (χ0v) is 15.4. The highest BCUT2D eigenvalue weighted by Crippen LogP contribution is 2.35. The number of amides is 1. The average molecular weight is 358 g/mol. The minimum absolute atomic E-state index is 0.0556. The van der Waals surface area contributed by atoms with E-state index in [9.17, 15) is 9.18 Å². The second-order valence-electron chi connectivity index (χ2n) is 6.40. The van der Waals surface area contributed by atoms with Crippen LogP contribution < -0.4 is 4.90 Å². The monoisotopic (exact) mass is 358 g/mol. The Morgan fingerprint density at radius 3 is 2.52 bits per heavy atom. The first-order valence-electron chi connectivity index (χ1n) is 8.49. The summed E-state index contributed by atoms with van der Waals surface area (Å²) in [6.07, 6.45) is 0.771. The Kier molecular flexibility index (Phi) is 5.63. The number of nitrogens with zero attached hydrogens (tertiary/aromatic N) is 2. The molecule has 1 saturated heterocycles. The second kappa shape index (κ2) is 7.91. The third kappa shape index (κ3) is 4.15. The van der Waals surface area contributed by atoms with Crippen LogP contribution in [-0.2, 0) is 0 Å². The molecule has 1 fully saturated rings. The van der Waals surface area contributed by atoms with Crippen LogP contribution in [0.15, 0.2) is 48.5 Å². The van der Waals surface area contributed by atoms with Crippen molar-refractivity contribution < 1.29 is 9.18 Å². The van der Waals surface area contributed by atoms with Gasteiger partial charge in [-0.05, 0) is 36.8 Å². The maximum Gasteiger partial charge on any atom is 0.253 e. The van der Waals surface area contributed by atoms with Crippen LogP contribution in [0, 0.1) is 5.82 Å². The fourth-order valence-electron chi connectivity index (χ4n) is 3.04. The van der Waals surface area contributed by atoms with Gasteiger partial charge in [-0.3, -0.25) is 4.79 Å². The number of benzene rings is 2. The molecule has 0 radical (unpaired) electrons. The van der Waals surface area contributed by atoms with Crippen LogP contribution in [0.2, 0.25) is 0 Å². The van der Waals surface area contributed by atoms with Crippen molar-refractivity contribution in [3.05, 3.63) is 65.5 Å². The van der Waals surface area contributed by atoms with E-state index < -0.39 is 0 Å². The van der Waals surface area contributed by atoms with Crippen molar-refractivity contribution in [1.82, 2.24) is 4.90 Å². The SMILES string of the molecule is CN(C)c1ccc(C(=O)N2CCSC(c3ccccc3F)CC2)cc1. The molecule has 1 atom stereocenters. The summed E-state index contributed by atoms with van der Waals surface area (Å²) in [4.78, 5) is 16.7. The van der Waals surface area contributed by atoms with Crippen LogP contribution >= 0.6 is 11.8 Å². The number of hydrogen-bond acceptors (Lipinski definition) is 3. The summed E-state index contributed by atoms with van der Waals surface area (Å²) >= 11 is 1.73. The van der Waals surface area contributed by atoms with E-state index >= 15 is 0 Å². The van der Waals surface area contributed by atoms with Crippen molar-refractivity contribution >= 4 is 23.4 Å². The van der Waals surface area contributed by atoms with Crippen LogP contribution in [0.3, 0.4) is 0 Å². The first-order valence-corrected chi connectivity index (χ1v) is 9.54. The summed E-state index contributed by atoms with van der Waals surface area (Å²) in [7, 11) is 3.96. The summed E-state index contributed by atoms with van der Waals surface area (Å²) in [6.45, 7) is 1.35. The van der Waals surface area contributed by atoms with Crippen molar-refractivity contribution in [3.63, 3.8) is 0 Å². The van der Waals surface area contributed by atoms with Gasteiger partial charge in [0.2, 0.25) is 0 Å². The van der Waals surface area contributed by atoms with Gasteiger partial charge in [0.05, 0.1) is 0 Å². The summed E-state index contributed by atoms with van der Waals surface area (Å²) in [5.41, 5.74) is 2.53. The van der Waals surface area contributed by atoms with Crippen LogP contribution in [-0.4, -0.2) is 43.7 Å². The fourth-order valence-corrected chi connectivity index (χ4v) is 4.30. The average Bonchev–Trinajstić information content (AvgIpc) is 2.87. The molecule has 2 aromatic carbocycles. The highest BCUT2D eigenvalue weighted by Gasteiger charge is 2.24. The maximum atomic E-state index is 14.0. The van der Waals surface area contributed by atoms with E-state index in [0.29, 0.717) is 18.7 Å². The van der Waals surface area contributed by atoms with Crippen LogP contribution in [0.4, 0.5) is 10.1 Å². The molecule has 1 unspecified atom stereocenters. The fraction of sp³-hybridized carbons (Fsp3) is 0.350. The van der Waals surface area contributed by atoms with Crippen LogP contribution in [0.25, 0.3) is 0 Å². The Hall–Kier alpha value is -2.01. The van der Waals surface area contributed by atoms with E-state index in [4.69, 9.17) is 0 Å². The van der Waals surface area contributed by atoms with E-state index in [1.54, 1.807) is 17.8 Å². The lowest BCUT2D eigenvalue weighted by molar-refractivity contribution is 0.0766. The largest absolute Gasteiger partial charge is 0.378 e. The third-order valence-electron chi connectivity index (χ3n) is 4.51. The number of carbonyl (C=O) groups is 1. The van der Waals surface area contributed by atoms with Gasteiger partial charge in [0.1, 0.15) is 5.82 Å². The van der Waals surface area contributed by atoms with Crippen molar-refractivity contribution in [1.29, 1.82) is 0 Å². The molecular weight excluding hydrogens is 335 g/mol. The molecule has 1 amide bonds. The van der Waals surface area contributed by atoms with Gasteiger partial charge in [0, 0.05) is 55.0 Å². The smallest absolute Gasteiger partial charge is 0.253 e. The van der Waals surface area contributed by atoms with E-state index in [1.807, 2.05) is 60.3 Å². The zero-order chi connectivity index (χ0) is 17.8. The molecular formula is C20H23FN2OS. The van der Waals surface area contributed by atoms with Gasteiger partial charge in [-0.25, -0.2) is 4.39 Å². The molecule has 2 aromatic rings. The summed E-state index contributed by atoms with van der Waals surface area (Å²) < 4.78 is 14.0. The molecule has 0 aromatic heterocycles. The quantitative estimate of drug-likeness (QED) is 0.821. The highest BCUT2D eigenvalue weighted by molar-refractivity contribution is 7.99. The molecule has 0 saturated carbocycles. The second-order valence-corrected chi connectivity index (χ2v) is 7.71. The number of anilines is 1. The number of halogens is 1. The van der Waals surface area contributed by atoms with E-state index in [0.717, 1.165) is 23.4 Å². The zero-order valence-electron chi connectivity index (χ0n) is 14.6. The Morgan fingerprint density at radius 1 is 1.12 bits per heavy atom. The molecule has 0 aliphatic carbocycles. The molecule has 1 heterocycles. The lowest BCUT2D eigenvalue weighted by Crippen LogP contribution is -2.33. The van der Waals surface area contributed by atoms with Crippen LogP contribution in [0.1, 0.15) is 27.6 Å². The lowest BCUT2D eigenvalue weighted by atomic mass is 10.1. The van der Waals surface area contributed by atoms with Gasteiger partial charge in [-0.2, -0.15) is 11.8 Å². The third-order valence-corrected chi connectivity index (χ3v) is 5.82. The van der Waals surface area contributed by atoms with Crippen molar-refractivity contribution in [3.8, 4) is 0 Å². The van der Waals surface area contributed by atoms with Crippen molar-refractivity contribution in [2.24, 2.45) is 0 Å². The summed E-state index contributed by atoms with van der Waals surface area (Å²) in [5, 5.41) is 0.107. The highest BCUT2D eigenvalue weighted by atomic mass is 32.2. The predicted octanol–water partition coefficient (Wildman–Crippen LogP) is 4.21. The first-order chi connectivity index (χ1) is 12.1. The lowest BCUT2D eigenvalue weighted by Gasteiger charge is -2.21. The summed E-state index contributed by atoms with van der Waals surface area (Å²) in [6, 6.07) is 14.6. The summed E-state index contributed by atoms with van der Waals surface area (Å²) in [5.74, 6) is 0.722. The van der Waals surface area contributed by atoms with Gasteiger partial charge >= 0.3 is 0 Å². The van der Waals surface area contributed by atoms with Gasteiger partial charge in [-0.15, -0.1) is 0 Å². The number of carbonyl (C=O) groups excluding carboxylic acids is 1. The van der Waals surface area contributed by atoms with Crippen molar-refractivity contribution in [2.75, 3.05) is 37.8 Å². The predicted molar refractivity (Wildman–Crippen MR) is 103 cm³/mol. The Labute approximate surface area is 152 Å². The Morgan fingerprint density at radius 2 is 1.84 bits per heavy atom. The molecule has 1 aliphatic rings. The van der Waals surface area contributed by atoms with Crippen molar-refractivity contribution in [2.45, 2.75) is 11.7 Å². The van der Waals surface area contributed by atoms with E-state index in [2.05, 4.69) is 0 Å². The number of thioether (sulfide) groups is 1. The van der Waals surface area contributed by atoms with Gasteiger partial charge in [0.25, 0.3) is 5.91 Å². The Balaban J connectivity index is 1.68. The number of rotatable bonds is 3. The first kappa shape index (κ1) is 17.8. The molecule has 3 nitrogen and oxygen atoms in total. The molecule has 25 heavy (non-hydrogen) atoms. The van der Waals surface area contributed by atoms with E-state index in [-0.39, 0.29) is 17.0 Å². The topological polar surface area (TPSA) is 23.6 Å². The minimum atomic E-state index is -0.154.